The Kier molecular flexibility index (Phi) is 7.23. The minimum Gasteiger partial charge on any atom is -0.396 e. The lowest BCUT2D eigenvalue weighted by atomic mass is 9.93. The molecule has 0 amide bonds. The van der Waals surface area contributed by atoms with E-state index in [9.17, 15) is 0 Å². The van der Waals surface area contributed by atoms with E-state index in [0.717, 1.165) is 32.2 Å². The Hall–Kier alpha value is -0.120. The van der Waals surface area contributed by atoms with Crippen molar-refractivity contribution >= 4 is 0 Å². The van der Waals surface area contributed by atoms with E-state index in [0.29, 0.717) is 6.54 Å². The van der Waals surface area contributed by atoms with Gasteiger partial charge in [-0.2, -0.15) is 0 Å². The molecule has 0 aromatic carbocycles. The van der Waals surface area contributed by atoms with E-state index in [-0.39, 0.29) is 12.1 Å². The molecule has 0 rings (SSSR count). The molecule has 0 unspecified atom stereocenters. The number of aliphatic hydroxyl groups excluding tert-OH is 1. The van der Waals surface area contributed by atoms with Crippen LogP contribution in [0.5, 0.6) is 0 Å². The molecule has 0 aromatic heterocycles. The third kappa shape index (κ3) is 4.60. The molecule has 0 saturated carbocycles. The maximum absolute atomic E-state index is 8.61. The summed E-state index contributed by atoms with van der Waals surface area (Å²) >= 11 is 0. The van der Waals surface area contributed by atoms with Gasteiger partial charge in [0.2, 0.25) is 0 Å². The first kappa shape index (κ1) is 12.9. The lowest BCUT2D eigenvalue weighted by Crippen LogP contribution is -2.50. The minimum atomic E-state index is 0.120. The SMILES string of the molecule is CCC(CC)(CN)NCCCCO. The summed E-state index contributed by atoms with van der Waals surface area (Å²) in [6.45, 7) is 6.26. The molecule has 3 nitrogen and oxygen atoms in total. The van der Waals surface area contributed by atoms with E-state index < -0.39 is 0 Å². The predicted octanol–water partition coefficient (Wildman–Crippen LogP) is 0.866. The fourth-order valence-corrected chi connectivity index (χ4v) is 1.45. The zero-order chi connectivity index (χ0) is 10.2. The Morgan fingerprint density at radius 3 is 2.23 bits per heavy atom. The van der Waals surface area contributed by atoms with E-state index in [2.05, 4.69) is 19.2 Å². The van der Waals surface area contributed by atoms with Crippen molar-refractivity contribution in [1.29, 1.82) is 0 Å². The van der Waals surface area contributed by atoms with Crippen LogP contribution in [0.15, 0.2) is 0 Å². The quantitative estimate of drug-likeness (QED) is 0.495. The van der Waals surface area contributed by atoms with Crippen LogP contribution in [0.2, 0.25) is 0 Å². The second-order valence-electron chi connectivity index (χ2n) is 3.55. The van der Waals surface area contributed by atoms with E-state index in [1.165, 1.54) is 0 Å². The highest BCUT2D eigenvalue weighted by Crippen LogP contribution is 2.12. The standard InChI is InChI=1S/C10H24N2O/c1-3-10(4-2,9-11)12-7-5-6-8-13/h12-13H,3-9,11H2,1-2H3. The van der Waals surface area contributed by atoms with Crippen molar-refractivity contribution in [3.05, 3.63) is 0 Å². The number of nitrogens with one attached hydrogen (secondary N) is 1. The maximum atomic E-state index is 8.61. The largest absolute Gasteiger partial charge is 0.396 e. The maximum Gasteiger partial charge on any atom is 0.0431 e. The molecule has 0 saturated heterocycles. The van der Waals surface area contributed by atoms with Crippen molar-refractivity contribution in [2.75, 3.05) is 19.7 Å². The van der Waals surface area contributed by atoms with Gasteiger partial charge in [0.25, 0.3) is 0 Å². The van der Waals surface area contributed by atoms with Gasteiger partial charge in [0.1, 0.15) is 0 Å². The van der Waals surface area contributed by atoms with Crippen molar-refractivity contribution < 1.29 is 5.11 Å². The van der Waals surface area contributed by atoms with Crippen LogP contribution in [0.3, 0.4) is 0 Å². The molecule has 0 aliphatic heterocycles. The van der Waals surface area contributed by atoms with Gasteiger partial charge < -0.3 is 16.2 Å². The summed E-state index contributed by atoms with van der Waals surface area (Å²) in [6, 6.07) is 0. The van der Waals surface area contributed by atoms with Crippen molar-refractivity contribution in [2.24, 2.45) is 5.73 Å². The van der Waals surface area contributed by atoms with Crippen LogP contribution in [0.4, 0.5) is 0 Å². The lowest BCUT2D eigenvalue weighted by Gasteiger charge is -2.31. The first-order valence-corrected chi connectivity index (χ1v) is 5.30. The molecule has 13 heavy (non-hydrogen) atoms. The highest BCUT2D eigenvalue weighted by atomic mass is 16.2. The number of rotatable bonds is 8. The molecule has 80 valence electrons. The molecule has 0 aliphatic rings. The molecular weight excluding hydrogens is 164 g/mol. The van der Waals surface area contributed by atoms with Crippen LogP contribution < -0.4 is 11.1 Å². The van der Waals surface area contributed by atoms with E-state index in [1.54, 1.807) is 0 Å². The number of nitrogens with two attached hydrogens (primary N) is 1. The molecule has 0 aliphatic carbocycles. The predicted molar refractivity (Wildman–Crippen MR) is 56.7 cm³/mol. The molecule has 0 bridgehead atoms. The Morgan fingerprint density at radius 2 is 1.85 bits per heavy atom. The van der Waals surface area contributed by atoms with Gasteiger partial charge in [-0.05, 0) is 32.2 Å². The molecule has 0 fully saturated rings. The van der Waals surface area contributed by atoms with Crippen LogP contribution in [-0.4, -0.2) is 30.3 Å². The van der Waals surface area contributed by atoms with Crippen LogP contribution in [-0.2, 0) is 0 Å². The molecule has 0 heterocycles. The zero-order valence-electron chi connectivity index (χ0n) is 8.97. The van der Waals surface area contributed by atoms with Gasteiger partial charge in [-0.1, -0.05) is 13.8 Å². The molecule has 0 spiro atoms. The first-order valence-electron chi connectivity index (χ1n) is 5.30. The number of aliphatic hydroxyl groups is 1. The molecule has 3 heteroatoms. The smallest absolute Gasteiger partial charge is 0.0431 e. The van der Waals surface area contributed by atoms with Gasteiger partial charge in [-0.15, -0.1) is 0 Å². The average molecular weight is 188 g/mol. The highest BCUT2D eigenvalue weighted by molar-refractivity contribution is 4.85. The van der Waals surface area contributed by atoms with Crippen molar-refractivity contribution in [1.82, 2.24) is 5.32 Å². The van der Waals surface area contributed by atoms with E-state index in [4.69, 9.17) is 10.8 Å². The Balaban J connectivity index is 3.68. The van der Waals surface area contributed by atoms with Gasteiger partial charge in [-0.3, -0.25) is 0 Å². The summed E-state index contributed by atoms with van der Waals surface area (Å²) < 4.78 is 0. The molecule has 4 N–H and O–H groups in total. The normalized spacial score (nSPS) is 12.0. The third-order valence-corrected chi connectivity index (χ3v) is 2.83. The average Bonchev–Trinajstić information content (AvgIpc) is 2.20. The zero-order valence-corrected chi connectivity index (χ0v) is 8.97. The van der Waals surface area contributed by atoms with Gasteiger partial charge in [0.05, 0.1) is 0 Å². The van der Waals surface area contributed by atoms with Crippen molar-refractivity contribution in [3.63, 3.8) is 0 Å². The van der Waals surface area contributed by atoms with Gasteiger partial charge >= 0.3 is 0 Å². The van der Waals surface area contributed by atoms with Crippen LogP contribution >= 0.6 is 0 Å². The van der Waals surface area contributed by atoms with Crippen LogP contribution in [0, 0.1) is 0 Å². The summed E-state index contributed by atoms with van der Waals surface area (Å²) in [7, 11) is 0. The summed E-state index contributed by atoms with van der Waals surface area (Å²) in [6.07, 6.45) is 4.04. The molecule has 0 radical (unpaired) electrons. The first-order chi connectivity index (χ1) is 6.24. The van der Waals surface area contributed by atoms with Crippen LogP contribution in [0.1, 0.15) is 39.5 Å². The fourth-order valence-electron chi connectivity index (χ4n) is 1.45. The second kappa shape index (κ2) is 7.30. The summed E-state index contributed by atoms with van der Waals surface area (Å²) in [5.74, 6) is 0. The van der Waals surface area contributed by atoms with E-state index >= 15 is 0 Å². The molecule has 0 atom stereocenters. The fraction of sp³-hybridized carbons (Fsp3) is 1.00. The van der Waals surface area contributed by atoms with Crippen molar-refractivity contribution in [3.8, 4) is 0 Å². The summed E-state index contributed by atoms with van der Waals surface area (Å²) in [4.78, 5) is 0. The monoisotopic (exact) mass is 188 g/mol. The van der Waals surface area contributed by atoms with Crippen LogP contribution in [0.25, 0.3) is 0 Å². The lowest BCUT2D eigenvalue weighted by molar-refractivity contribution is 0.270. The third-order valence-electron chi connectivity index (χ3n) is 2.83. The van der Waals surface area contributed by atoms with E-state index in [1.807, 2.05) is 0 Å². The summed E-state index contributed by atoms with van der Waals surface area (Å²) in [5, 5.41) is 12.1. The minimum absolute atomic E-state index is 0.120. The number of hydrogen-bond acceptors (Lipinski definition) is 3. The Morgan fingerprint density at radius 1 is 1.23 bits per heavy atom. The molecular formula is C10H24N2O. The highest BCUT2D eigenvalue weighted by Gasteiger charge is 2.22. The molecule has 0 aromatic rings. The topological polar surface area (TPSA) is 58.3 Å². The number of hydrogen-bond donors (Lipinski definition) is 3. The summed E-state index contributed by atoms with van der Waals surface area (Å²) in [5.41, 5.74) is 5.85. The Bertz CT molecular complexity index is 105. The van der Waals surface area contributed by atoms with Gasteiger partial charge in [0.15, 0.2) is 0 Å². The van der Waals surface area contributed by atoms with Gasteiger partial charge in [0, 0.05) is 18.7 Å². The van der Waals surface area contributed by atoms with Crippen molar-refractivity contribution in [2.45, 2.75) is 45.1 Å². The second-order valence-corrected chi connectivity index (χ2v) is 3.55. The Labute approximate surface area is 81.7 Å². The number of unbranched alkanes of at least 4 members (excludes halogenated alkanes) is 1. The van der Waals surface area contributed by atoms with Gasteiger partial charge in [-0.25, -0.2) is 0 Å².